The highest BCUT2D eigenvalue weighted by molar-refractivity contribution is 5.87. The van der Waals surface area contributed by atoms with E-state index in [9.17, 15) is 9.59 Å². The van der Waals surface area contributed by atoms with Gasteiger partial charge in [-0.15, -0.1) is 0 Å². The van der Waals surface area contributed by atoms with E-state index in [1.807, 2.05) is 27.7 Å². The molecule has 0 aromatic heterocycles. The molecule has 0 aromatic carbocycles. The van der Waals surface area contributed by atoms with Crippen molar-refractivity contribution in [3.8, 4) is 0 Å². The van der Waals surface area contributed by atoms with E-state index < -0.39 is 10.8 Å². The Kier molecular flexibility index (Phi) is 5.08. The molecule has 0 N–H and O–H groups in total. The first-order chi connectivity index (χ1) is 14.4. The van der Waals surface area contributed by atoms with Crippen LogP contribution in [0.15, 0.2) is 0 Å². The first-order valence-electron chi connectivity index (χ1n) is 12.8. The first kappa shape index (κ1) is 24.1. The van der Waals surface area contributed by atoms with Gasteiger partial charge in [0.25, 0.3) is 0 Å². The Balaban J connectivity index is 1.47. The lowest BCUT2D eigenvalue weighted by atomic mass is 9.67. The Bertz CT molecular complexity index is 753. The fourth-order valence-electron chi connectivity index (χ4n) is 7.68. The minimum atomic E-state index is -0.972. The zero-order chi connectivity index (χ0) is 24.1. The lowest BCUT2D eigenvalue weighted by Gasteiger charge is -2.43. The van der Waals surface area contributed by atoms with Gasteiger partial charge in [0.1, 0.15) is 12.2 Å². The smallest absolute Gasteiger partial charge is 0.312 e. The van der Waals surface area contributed by atoms with Crippen LogP contribution in [0, 0.1) is 44.3 Å². The second-order valence-electron chi connectivity index (χ2n) is 14.3. The van der Waals surface area contributed by atoms with Crippen LogP contribution < -0.4 is 0 Å². The standard InChI is InChI=1S/C28H46O4/c1-23(2)17-11-13-27(23,9)19(15-17)31-21(29)25(5,6)26(7,8)22(30)32-20-16-18-12-14-28(20,10)24(18,3)4/h17-20H,11-16H2,1-10H3/t17-,18-,19-,20?,27+,28+/m0/s1. The fourth-order valence-corrected chi connectivity index (χ4v) is 7.68. The van der Waals surface area contributed by atoms with Gasteiger partial charge in [0, 0.05) is 10.8 Å². The predicted molar refractivity (Wildman–Crippen MR) is 126 cm³/mol. The summed E-state index contributed by atoms with van der Waals surface area (Å²) < 4.78 is 12.4. The molecule has 6 atom stereocenters. The fraction of sp³-hybridized carbons (Fsp3) is 0.929. The number of carbonyl (C=O) groups excluding carboxylic acids is 2. The average Bonchev–Trinajstić information content (AvgIpc) is 3.19. The number of rotatable bonds is 5. The van der Waals surface area contributed by atoms with Crippen molar-refractivity contribution in [2.75, 3.05) is 0 Å². The Labute approximate surface area is 195 Å². The Morgan fingerprint density at radius 2 is 0.969 bits per heavy atom. The molecule has 0 aromatic rings. The van der Waals surface area contributed by atoms with E-state index >= 15 is 0 Å². The van der Waals surface area contributed by atoms with Crippen LogP contribution >= 0.6 is 0 Å². The molecule has 4 nitrogen and oxygen atoms in total. The van der Waals surface area contributed by atoms with Crippen LogP contribution in [0.2, 0.25) is 0 Å². The lowest BCUT2D eigenvalue weighted by molar-refractivity contribution is -0.189. The highest BCUT2D eigenvalue weighted by Gasteiger charge is 2.65. The number of esters is 2. The van der Waals surface area contributed by atoms with E-state index in [4.69, 9.17) is 9.47 Å². The summed E-state index contributed by atoms with van der Waals surface area (Å²) in [5.41, 5.74) is -1.56. The highest BCUT2D eigenvalue weighted by Crippen LogP contribution is 2.67. The van der Waals surface area contributed by atoms with Gasteiger partial charge in [-0.05, 0) is 88.9 Å². The zero-order valence-corrected chi connectivity index (χ0v) is 22.2. The molecule has 4 heteroatoms. The largest absolute Gasteiger partial charge is 0.461 e. The van der Waals surface area contributed by atoms with Gasteiger partial charge in [-0.25, -0.2) is 0 Å². The Morgan fingerprint density at radius 1 is 0.656 bits per heavy atom. The predicted octanol–water partition coefficient (Wildman–Crippen LogP) is 6.55. The van der Waals surface area contributed by atoms with Crippen molar-refractivity contribution in [3.05, 3.63) is 0 Å². The number of hydrogen-bond acceptors (Lipinski definition) is 4. The van der Waals surface area contributed by atoms with Crippen LogP contribution in [-0.2, 0) is 19.1 Å². The molecule has 4 saturated carbocycles. The van der Waals surface area contributed by atoms with Gasteiger partial charge in [0.15, 0.2) is 0 Å². The lowest BCUT2D eigenvalue weighted by Crippen LogP contribution is -2.50. The van der Waals surface area contributed by atoms with Gasteiger partial charge in [-0.1, -0.05) is 41.5 Å². The number of carbonyl (C=O) groups is 2. The zero-order valence-electron chi connectivity index (χ0n) is 22.2. The molecule has 1 unspecified atom stereocenters. The van der Waals surface area contributed by atoms with Gasteiger partial charge >= 0.3 is 11.9 Å². The van der Waals surface area contributed by atoms with E-state index in [0.29, 0.717) is 11.8 Å². The van der Waals surface area contributed by atoms with Crippen molar-refractivity contribution >= 4 is 11.9 Å². The summed E-state index contributed by atoms with van der Waals surface area (Å²) in [6.45, 7) is 21.3. The van der Waals surface area contributed by atoms with Crippen molar-refractivity contribution in [2.45, 2.75) is 120 Å². The van der Waals surface area contributed by atoms with Gasteiger partial charge in [-0.3, -0.25) is 9.59 Å². The third kappa shape index (κ3) is 2.79. The maximum Gasteiger partial charge on any atom is 0.312 e. The highest BCUT2D eigenvalue weighted by atomic mass is 16.6. The molecule has 0 aliphatic heterocycles. The van der Waals surface area contributed by atoms with Crippen LogP contribution in [0.25, 0.3) is 0 Å². The molecule has 4 bridgehead atoms. The SMILES string of the molecule is CC(C)(C(=O)OC1C[C@@H]2CC[C@@]1(C)C2(C)C)C(C)(C)C(=O)O[C@H]1C[C@@H]2CC[C@@]1(C)C2(C)C. The van der Waals surface area contributed by atoms with Crippen molar-refractivity contribution < 1.29 is 19.1 Å². The molecule has 32 heavy (non-hydrogen) atoms. The molecule has 4 fully saturated rings. The molecule has 0 heterocycles. The molecule has 4 aliphatic rings. The van der Waals surface area contributed by atoms with Crippen LogP contribution in [0.5, 0.6) is 0 Å². The van der Waals surface area contributed by atoms with Crippen LogP contribution in [0.3, 0.4) is 0 Å². The minimum Gasteiger partial charge on any atom is -0.461 e. The summed E-state index contributed by atoms with van der Waals surface area (Å²) in [6, 6.07) is 0. The molecule has 0 spiro atoms. The molecule has 4 rings (SSSR count). The molecule has 0 saturated heterocycles. The first-order valence-corrected chi connectivity index (χ1v) is 12.8. The molecule has 0 radical (unpaired) electrons. The molecular weight excluding hydrogens is 400 g/mol. The summed E-state index contributed by atoms with van der Waals surface area (Å²) in [5, 5.41) is 0. The number of ether oxygens (including phenoxy) is 2. The van der Waals surface area contributed by atoms with Crippen LogP contribution in [-0.4, -0.2) is 24.1 Å². The number of hydrogen-bond donors (Lipinski definition) is 0. The van der Waals surface area contributed by atoms with E-state index in [1.165, 1.54) is 12.8 Å². The summed E-state index contributed by atoms with van der Waals surface area (Å²) in [6.07, 6.45) is 6.38. The van der Waals surface area contributed by atoms with Gasteiger partial charge < -0.3 is 9.47 Å². The maximum atomic E-state index is 13.5. The normalized spacial score (nSPS) is 41.7. The average molecular weight is 447 g/mol. The van der Waals surface area contributed by atoms with E-state index in [2.05, 4.69) is 41.5 Å². The third-order valence-corrected chi connectivity index (χ3v) is 12.5. The van der Waals surface area contributed by atoms with Gasteiger partial charge in [0.2, 0.25) is 0 Å². The topological polar surface area (TPSA) is 52.6 Å². The summed E-state index contributed by atoms with van der Waals surface area (Å²) >= 11 is 0. The van der Waals surface area contributed by atoms with E-state index in [0.717, 1.165) is 25.7 Å². The summed E-state index contributed by atoms with van der Waals surface area (Å²) in [5.74, 6) is 0.670. The van der Waals surface area contributed by atoms with Gasteiger partial charge in [0.05, 0.1) is 10.8 Å². The van der Waals surface area contributed by atoms with Crippen LogP contribution in [0.4, 0.5) is 0 Å². The second-order valence-corrected chi connectivity index (χ2v) is 14.3. The van der Waals surface area contributed by atoms with Crippen molar-refractivity contribution in [1.29, 1.82) is 0 Å². The Hall–Kier alpha value is -1.06. The van der Waals surface area contributed by atoms with E-state index in [-0.39, 0.29) is 45.8 Å². The summed E-state index contributed by atoms with van der Waals surface area (Å²) in [7, 11) is 0. The second kappa shape index (κ2) is 6.75. The molecule has 4 aliphatic carbocycles. The maximum absolute atomic E-state index is 13.5. The van der Waals surface area contributed by atoms with Crippen LogP contribution in [0.1, 0.15) is 108 Å². The van der Waals surface area contributed by atoms with E-state index in [1.54, 1.807) is 0 Å². The molecule has 182 valence electrons. The van der Waals surface area contributed by atoms with Crippen molar-refractivity contribution in [1.82, 2.24) is 0 Å². The monoisotopic (exact) mass is 446 g/mol. The summed E-state index contributed by atoms with van der Waals surface area (Å²) in [4.78, 5) is 27.0. The van der Waals surface area contributed by atoms with Gasteiger partial charge in [-0.2, -0.15) is 0 Å². The molecule has 0 amide bonds. The third-order valence-electron chi connectivity index (χ3n) is 12.5. The van der Waals surface area contributed by atoms with Crippen molar-refractivity contribution in [3.63, 3.8) is 0 Å². The quantitative estimate of drug-likeness (QED) is 0.449. The number of fused-ring (bicyclic) bond motifs is 4. The molecular formula is C28H46O4. The van der Waals surface area contributed by atoms with Crippen molar-refractivity contribution in [2.24, 2.45) is 44.3 Å². The minimum absolute atomic E-state index is 0.0112. The Morgan fingerprint density at radius 3 is 1.19 bits per heavy atom.